The van der Waals surface area contributed by atoms with Crippen molar-refractivity contribution >= 4 is 27.6 Å². The Hall–Kier alpha value is -1.76. The van der Waals surface area contributed by atoms with E-state index in [2.05, 4.69) is 21.1 Å². The Morgan fingerprint density at radius 2 is 2.33 bits per heavy atom. The van der Waals surface area contributed by atoms with Crippen molar-refractivity contribution in [3.05, 3.63) is 22.2 Å². The zero-order valence-corrected chi connectivity index (χ0v) is 13.2. The molecule has 1 aromatic rings. The first-order chi connectivity index (χ1) is 10.2. The third-order valence-electron chi connectivity index (χ3n) is 3.45. The van der Waals surface area contributed by atoms with E-state index in [1.807, 2.05) is 12.1 Å². The number of ether oxygens (including phenoxy) is 3. The molecule has 0 radical (unpaired) electrons. The van der Waals surface area contributed by atoms with Gasteiger partial charge >= 0.3 is 5.97 Å². The summed E-state index contributed by atoms with van der Waals surface area (Å²) in [6, 6.07) is 3.64. The Morgan fingerprint density at radius 3 is 3.05 bits per heavy atom. The fourth-order valence-corrected chi connectivity index (χ4v) is 2.92. The first-order valence-corrected chi connectivity index (χ1v) is 7.36. The minimum atomic E-state index is -0.747. The second-order valence-corrected chi connectivity index (χ2v) is 5.51. The van der Waals surface area contributed by atoms with E-state index in [-0.39, 0.29) is 5.92 Å². The van der Waals surface area contributed by atoms with Crippen molar-refractivity contribution in [1.82, 2.24) is 0 Å². The molecule has 1 aromatic carbocycles. The molecule has 112 valence electrons. The third kappa shape index (κ3) is 2.35. The van der Waals surface area contributed by atoms with Gasteiger partial charge in [0.05, 0.1) is 24.1 Å². The first kappa shape index (κ1) is 14.2. The molecular weight excluding hydrogens is 342 g/mol. The lowest BCUT2D eigenvalue weighted by atomic mass is 9.90. The molecule has 0 amide bonds. The molecule has 2 atom stereocenters. The van der Waals surface area contributed by atoms with Gasteiger partial charge in [0.2, 0.25) is 6.10 Å². The van der Waals surface area contributed by atoms with E-state index in [1.54, 1.807) is 14.0 Å². The van der Waals surface area contributed by atoms with Gasteiger partial charge in [-0.15, -0.1) is 0 Å². The van der Waals surface area contributed by atoms with Crippen molar-refractivity contribution in [3.63, 3.8) is 0 Å². The van der Waals surface area contributed by atoms with Crippen molar-refractivity contribution < 1.29 is 23.8 Å². The van der Waals surface area contributed by atoms with Crippen LogP contribution < -0.4 is 9.47 Å². The maximum absolute atomic E-state index is 11.9. The van der Waals surface area contributed by atoms with Crippen molar-refractivity contribution in [2.75, 3.05) is 20.3 Å². The van der Waals surface area contributed by atoms with E-state index in [4.69, 9.17) is 19.0 Å². The number of hydrogen-bond acceptors (Lipinski definition) is 6. The highest BCUT2D eigenvalue weighted by molar-refractivity contribution is 9.10. The number of benzene rings is 1. The summed E-state index contributed by atoms with van der Waals surface area (Å²) >= 11 is 3.41. The van der Waals surface area contributed by atoms with Crippen LogP contribution in [0.2, 0.25) is 0 Å². The highest BCUT2D eigenvalue weighted by Gasteiger charge is 2.45. The number of carbonyl (C=O) groups excluding carboxylic acids is 1. The summed E-state index contributed by atoms with van der Waals surface area (Å²) in [5.74, 6) is 0.672. The van der Waals surface area contributed by atoms with Gasteiger partial charge in [-0.1, -0.05) is 5.16 Å². The summed E-state index contributed by atoms with van der Waals surface area (Å²) in [6.07, 6.45) is -0.747. The highest BCUT2D eigenvalue weighted by atomic mass is 79.9. The fourth-order valence-electron chi connectivity index (χ4n) is 2.44. The molecule has 0 spiro atoms. The van der Waals surface area contributed by atoms with Crippen LogP contribution in [0.3, 0.4) is 0 Å². The fraction of sp³-hybridized carbons (Fsp3) is 0.429. The Morgan fingerprint density at radius 1 is 1.52 bits per heavy atom. The van der Waals surface area contributed by atoms with Crippen molar-refractivity contribution in [1.29, 1.82) is 0 Å². The highest BCUT2D eigenvalue weighted by Crippen LogP contribution is 2.39. The maximum atomic E-state index is 11.9. The van der Waals surface area contributed by atoms with E-state index in [0.29, 0.717) is 30.4 Å². The first-order valence-electron chi connectivity index (χ1n) is 6.56. The second kappa shape index (κ2) is 5.55. The van der Waals surface area contributed by atoms with Gasteiger partial charge in [-0.05, 0) is 35.0 Å². The number of methoxy groups -OCH3 is 1. The number of fused-ring (bicyclic) bond motifs is 3. The number of oxime groups is 1. The number of nitrogens with zero attached hydrogens (tertiary/aromatic N) is 1. The maximum Gasteiger partial charge on any atom is 0.351 e. The van der Waals surface area contributed by atoms with Crippen LogP contribution in [0.5, 0.6) is 11.5 Å². The van der Waals surface area contributed by atoms with E-state index in [1.165, 1.54) is 0 Å². The third-order valence-corrected chi connectivity index (χ3v) is 4.07. The molecule has 7 heteroatoms. The minimum absolute atomic E-state index is 0.262. The number of esters is 1. The van der Waals surface area contributed by atoms with Crippen molar-refractivity contribution in [3.8, 4) is 11.5 Å². The predicted octanol–water partition coefficient (Wildman–Crippen LogP) is 2.13. The molecule has 0 saturated heterocycles. The Bertz CT molecular complexity index is 616. The van der Waals surface area contributed by atoms with Crippen LogP contribution in [0.15, 0.2) is 21.8 Å². The summed E-state index contributed by atoms with van der Waals surface area (Å²) in [6.45, 7) is 2.39. The number of rotatable bonds is 3. The minimum Gasteiger partial charge on any atom is -0.496 e. The lowest BCUT2D eigenvalue weighted by Gasteiger charge is -2.25. The standard InChI is InChI=1S/C14H14BrNO5/c1-3-19-14(17)13-8-6-20-10-5-9(15)11(18-2)4-7(10)12(8)16-21-13/h4-5,8,13H,3,6H2,1-2H3. The van der Waals surface area contributed by atoms with Gasteiger partial charge in [0.25, 0.3) is 0 Å². The lowest BCUT2D eigenvalue weighted by Crippen LogP contribution is -2.39. The molecule has 0 aliphatic carbocycles. The second-order valence-electron chi connectivity index (χ2n) is 4.65. The summed E-state index contributed by atoms with van der Waals surface area (Å²) < 4.78 is 16.8. The molecule has 0 aromatic heterocycles. The molecule has 2 heterocycles. The molecular formula is C14H14BrNO5. The van der Waals surface area contributed by atoms with E-state index in [9.17, 15) is 4.79 Å². The van der Waals surface area contributed by atoms with Crippen LogP contribution in [0.1, 0.15) is 12.5 Å². The van der Waals surface area contributed by atoms with Gasteiger partial charge in [-0.2, -0.15) is 0 Å². The lowest BCUT2D eigenvalue weighted by molar-refractivity contribution is -0.157. The SMILES string of the molecule is CCOC(=O)C1ON=C2c3cc(OC)c(Br)cc3OCC21. The molecule has 6 nitrogen and oxygen atoms in total. The molecule has 2 unspecified atom stereocenters. The van der Waals surface area contributed by atoms with Crippen LogP contribution in [-0.2, 0) is 14.4 Å². The smallest absolute Gasteiger partial charge is 0.351 e. The average molecular weight is 356 g/mol. The molecule has 21 heavy (non-hydrogen) atoms. The molecule has 0 fully saturated rings. The number of carbonyl (C=O) groups is 1. The zero-order valence-electron chi connectivity index (χ0n) is 11.6. The van der Waals surface area contributed by atoms with Gasteiger partial charge in [-0.25, -0.2) is 4.79 Å². The predicted molar refractivity (Wildman–Crippen MR) is 77.7 cm³/mol. The molecule has 2 aliphatic rings. The molecule has 0 N–H and O–H groups in total. The topological polar surface area (TPSA) is 66.4 Å². The van der Waals surface area contributed by atoms with E-state index in [0.717, 1.165) is 10.0 Å². The number of halogens is 1. The normalized spacial score (nSPS) is 22.3. The Balaban J connectivity index is 1.93. The summed E-state index contributed by atoms with van der Waals surface area (Å²) in [5, 5.41) is 4.05. The Kier molecular flexibility index (Phi) is 3.75. The van der Waals surface area contributed by atoms with E-state index < -0.39 is 12.1 Å². The molecule has 2 aliphatic heterocycles. The van der Waals surface area contributed by atoms with Gasteiger partial charge in [0.15, 0.2) is 0 Å². The van der Waals surface area contributed by atoms with Gasteiger partial charge in [0.1, 0.15) is 23.8 Å². The largest absolute Gasteiger partial charge is 0.496 e. The van der Waals surface area contributed by atoms with E-state index >= 15 is 0 Å². The zero-order chi connectivity index (χ0) is 15.0. The van der Waals surface area contributed by atoms with Crippen LogP contribution in [0, 0.1) is 5.92 Å². The average Bonchev–Trinajstić information content (AvgIpc) is 2.91. The molecule has 0 saturated carbocycles. The van der Waals surface area contributed by atoms with Gasteiger partial charge in [-0.3, -0.25) is 0 Å². The Labute approximate surface area is 130 Å². The van der Waals surface area contributed by atoms with Crippen molar-refractivity contribution in [2.24, 2.45) is 11.1 Å². The molecule has 3 rings (SSSR count). The van der Waals surface area contributed by atoms with Crippen LogP contribution >= 0.6 is 15.9 Å². The monoisotopic (exact) mass is 355 g/mol. The van der Waals surface area contributed by atoms with Crippen LogP contribution in [-0.4, -0.2) is 38.1 Å². The molecule has 0 bridgehead atoms. The van der Waals surface area contributed by atoms with Gasteiger partial charge in [0, 0.05) is 5.56 Å². The summed E-state index contributed by atoms with van der Waals surface area (Å²) in [4.78, 5) is 17.1. The van der Waals surface area contributed by atoms with Crippen LogP contribution in [0.4, 0.5) is 0 Å². The quantitative estimate of drug-likeness (QED) is 0.777. The van der Waals surface area contributed by atoms with Gasteiger partial charge < -0.3 is 19.0 Å². The summed E-state index contributed by atoms with van der Waals surface area (Å²) in [5.41, 5.74) is 1.47. The van der Waals surface area contributed by atoms with Crippen LogP contribution in [0.25, 0.3) is 0 Å². The number of hydrogen-bond donors (Lipinski definition) is 0. The van der Waals surface area contributed by atoms with Crippen molar-refractivity contribution in [2.45, 2.75) is 13.0 Å². The summed E-state index contributed by atoms with van der Waals surface area (Å²) in [7, 11) is 1.59.